The van der Waals surface area contributed by atoms with E-state index >= 15 is 0 Å². The second-order valence-corrected chi connectivity index (χ2v) is 4.33. The highest BCUT2D eigenvalue weighted by Gasteiger charge is 2.30. The second-order valence-electron chi connectivity index (χ2n) is 4.33. The highest BCUT2D eigenvalue weighted by atomic mass is 16.5. The summed E-state index contributed by atoms with van der Waals surface area (Å²) in [7, 11) is 1.50. The summed E-state index contributed by atoms with van der Waals surface area (Å²) in [5.41, 5.74) is 4.90. The van der Waals surface area contributed by atoms with Crippen molar-refractivity contribution in [3.05, 3.63) is 6.33 Å². The van der Waals surface area contributed by atoms with Gasteiger partial charge in [0.25, 0.3) is 0 Å². The van der Waals surface area contributed by atoms with Crippen molar-refractivity contribution < 1.29 is 14.6 Å². The molecule has 7 heteroatoms. The van der Waals surface area contributed by atoms with Crippen LogP contribution in [0.5, 0.6) is 5.75 Å². The highest BCUT2D eigenvalue weighted by Crippen LogP contribution is 2.28. The van der Waals surface area contributed by atoms with Crippen molar-refractivity contribution >= 4 is 11.6 Å². The molecule has 0 saturated carbocycles. The number of rotatable bonds is 4. The fraction of sp³-hybridized carbons (Fsp3) is 0.636. The predicted octanol–water partition coefficient (Wildman–Crippen LogP) is 0.0208. The lowest BCUT2D eigenvalue weighted by Crippen LogP contribution is -2.42. The monoisotopic (exact) mass is 254 g/mol. The van der Waals surface area contributed by atoms with Gasteiger partial charge in [0.05, 0.1) is 12.7 Å². The average molecular weight is 254 g/mol. The van der Waals surface area contributed by atoms with E-state index in [1.54, 1.807) is 0 Å². The second kappa shape index (κ2) is 5.36. The van der Waals surface area contributed by atoms with Gasteiger partial charge in [0, 0.05) is 32.6 Å². The van der Waals surface area contributed by atoms with E-state index in [4.69, 9.17) is 15.2 Å². The molecule has 1 aromatic rings. The highest BCUT2D eigenvalue weighted by molar-refractivity contribution is 5.61. The van der Waals surface area contributed by atoms with E-state index in [0.717, 1.165) is 0 Å². The molecule has 0 unspecified atom stereocenters. The van der Waals surface area contributed by atoms with Gasteiger partial charge in [-0.25, -0.2) is 9.97 Å². The zero-order valence-electron chi connectivity index (χ0n) is 10.3. The quantitative estimate of drug-likeness (QED) is 0.696. The van der Waals surface area contributed by atoms with Gasteiger partial charge in [0.15, 0.2) is 11.6 Å². The molecule has 100 valence electrons. The van der Waals surface area contributed by atoms with Crippen LogP contribution in [0.4, 0.5) is 11.6 Å². The van der Waals surface area contributed by atoms with Crippen molar-refractivity contribution in [2.75, 3.05) is 37.9 Å². The zero-order valence-corrected chi connectivity index (χ0v) is 10.3. The summed E-state index contributed by atoms with van der Waals surface area (Å²) in [6.07, 6.45) is 2.56. The van der Waals surface area contributed by atoms with E-state index in [1.165, 1.54) is 13.4 Å². The first-order valence-electron chi connectivity index (χ1n) is 5.83. The van der Waals surface area contributed by atoms with Gasteiger partial charge in [-0.1, -0.05) is 0 Å². The summed E-state index contributed by atoms with van der Waals surface area (Å²) in [6, 6.07) is 0. The van der Waals surface area contributed by atoms with Crippen molar-refractivity contribution in [3.63, 3.8) is 0 Å². The number of hydrogen-bond donors (Lipinski definition) is 3. The molecular weight excluding hydrogens is 236 g/mol. The van der Waals surface area contributed by atoms with Gasteiger partial charge < -0.3 is 25.6 Å². The summed E-state index contributed by atoms with van der Waals surface area (Å²) in [4.78, 5) is 7.90. The third kappa shape index (κ3) is 2.80. The van der Waals surface area contributed by atoms with Crippen LogP contribution in [0.25, 0.3) is 0 Å². The number of nitrogens with zero attached hydrogens (tertiary/aromatic N) is 2. The van der Waals surface area contributed by atoms with Crippen LogP contribution in [-0.2, 0) is 4.74 Å². The average Bonchev–Trinajstić information content (AvgIpc) is 2.37. The lowest BCUT2D eigenvalue weighted by molar-refractivity contribution is -0.0543. The van der Waals surface area contributed by atoms with Gasteiger partial charge >= 0.3 is 0 Å². The molecule has 0 spiro atoms. The summed E-state index contributed by atoms with van der Waals surface area (Å²) in [5, 5.41) is 13.4. The number of anilines is 2. The fourth-order valence-corrected chi connectivity index (χ4v) is 1.89. The summed E-state index contributed by atoms with van der Waals surface area (Å²) < 4.78 is 10.4. The maximum atomic E-state index is 10.3. The molecule has 1 aliphatic heterocycles. The van der Waals surface area contributed by atoms with Gasteiger partial charge in [0.1, 0.15) is 6.33 Å². The molecule has 0 atom stereocenters. The largest absolute Gasteiger partial charge is 0.490 e. The molecule has 4 N–H and O–H groups in total. The Kier molecular flexibility index (Phi) is 3.83. The number of aromatic nitrogens is 2. The maximum Gasteiger partial charge on any atom is 0.203 e. The molecule has 2 heterocycles. The topological polar surface area (TPSA) is 103 Å². The minimum absolute atomic E-state index is 0.272. The molecule has 1 saturated heterocycles. The summed E-state index contributed by atoms with van der Waals surface area (Å²) in [5.74, 6) is 1.16. The van der Waals surface area contributed by atoms with Gasteiger partial charge in [-0.05, 0) is 0 Å². The van der Waals surface area contributed by atoms with Crippen LogP contribution in [0.2, 0.25) is 0 Å². The van der Waals surface area contributed by atoms with Crippen molar-refractivity contribution in [2.24, 2.45) is 0 Å². The third-order valence-electron chi connectivity index (χ3n) is 3.04. The van der Waals surface area contributed by atoms with E-state index in [9.17, 15) is 5.11 Å². The van der Waals surface area contributed by atoms with Gasteiger partial charge in [0.2, 0.25) is 5.75 Å². The first-order chi connectivity index (χ1) is 8.64. The van der Waals surface area contributed by atoms with Crippen LogP contribution in [0.1, 0.15) is 12.8 Å². The molecule has 1 aromatic heterocycles. The van der Waals surface area contributed by atoms with E-state index < -0.39 is 5.60 Å². The number of nitrogens with two attached hydrogens (primary N) is 1. The minimum Gasteiger partial charge on any atom is -0.490 e. The Bertz CT molecular complexity index is 407. The van der Waals surface area contributed by atoms with Gasteiger partial charge in [-0.3, -0.25) is 0 Å². The Hall–Kier alpha value is -1.60. The number of nitrogens with one attached hydrogen (secondary N) is 1. The zero-order chi connectivity index (χ0) is 13.0. The number of nitrogen functional groups attached to an aromatic ring is 1. The summed E-state index contributed by atoms with van der Waals surface area (Å²) in [6.45, 7) is 1.52. The van der Waals surface area contributed by atoms with E-state index in [1.807, 2.05) is 0 Å². The molecule has 1 fully saturated rings. The Balaban J connectivity index is 2.03. The van der Waals surface area contributed by atoms with Crippen LogP contribution < -0.4 is 15.8 Å². The van der Waals surface area contributed by atoms with Crippen LogP contribution >= 0.6 is 0 Å². The Labute approximate surface area is 105 Å². The fourth-order valence-electron chi connectivity index (χ4n) is 1.89. The van der Waals surface area contributed by atoms with Crippen molar-refractivity contribution in [3.8, 4) is 5.75 Å². The van der Waals surface area contributed by atoms with E-state index in [0.29, 0.717) is 44.2 Å². The van der Waals surface area contributed by atoms with Crippen LogP contribution in [0, 0.1) is 0 Å². The van der Waals surface area contributed by atoms with Crippen molar-refractivity contribution in [1.82, 2.24) is 9.97 Å². The normalized spacial score (nSPS) is 18.3. The maximum absolute atomic E-state index is 10.3. The first kappa shape index (κ1) is 12.8. The molecule has 7 nitrogen and oxygen atoms in total. The van der Waals surface area contributed by atoms with Gasteiger partial charge in [-0.15, -0.1) is 0 Å². The third-order valence-corrected chi connectivity index (χ3v) is 3.04. The van der Waals surface area contributed by atoms with Crippen molar-refractivity contribution in [1.29, 1.82) is 0 Å². The van der Waals surface area contributed by atoms with Crippen molar-refractivity contribution in [2.45, 2.75) is 18.4 Å². The molecular formula is C11H18N4O3. The smallest absolute Gasteiger partial charge is 0.203 e. The predicted molar refractivity (Wildman–Crippen MR) is 66.5 cm³/mol. The minimum atomic E-state index is -0.775. The molecule has 1 aliphatic rings. The SMILES string of the molecule is COc1c(N)ncnc1NCC1(O)CCOCC1. The molecule has 2 rings (SSSR count). The number of aliphatic hydroxyl groups is 1. The molecule has 0 bridgehead atoms. The standard InChI is InChI=1S/C11H18N4O3/c1-17-8-9(12)14-7-15-10(8)13-6-11(16)2-4-18-5-3-11/h7,16H,2-6H2,1H3,(H3,12,13,14,15). The number of hydrogen-bond acceptors (Lipinski definition) is 7. The Morgan fingerprint density at radius 3 is 2.89 bits per heavy atom. The van der Waals surface area contributed by atoms with Crippen LogP contribution in [0.3, 0.4) is 0 Å². The molecule has 0 aromatic carbocycles. The number of ether oxygens (including phenoxy) is 2. The Morgan fingerprint density at radius 1 is 1.50 bits per heavy atom. The first-order valence-corrected chi connectivity index (χ1v) is 5.83. The lowest BCUT2D eigenvalue weighted by Gasteiger charge is -2.32. The van der Waals surface area contributed by atoms with Crippen LogP contribution in [0.15, 0.2) is 6.33 Å². The molecule has 0 amide bonds. The van der Waals surface area contributed by atoms with E-state index in [2.05, 4.69) is 15.3 Å². The van der Waals surface area contributed by atoms with Gasteiger partial charge in [-0.2, -0.15) is 0 Å². The Morgan fingerprint density at radius 2 is 2.22 bits per heavy atom. The lowest BCUT2D eigenvalue weighted by atomic mass is 9.94. The molecule has 18 heavy (non-hydrogen) atoms. The van der Waals surface area contributed by atoms with Crippen LogP contribution in [-0.4, -0.2) is 47.5 Å². The molecule has 0 aliphatic carbocycles. The summed E-state index contributed by atoms with van der Waals surface area (Å²) >= 11 is 0. The van der Waals surface area contributed by atoms with E-state index in [-0.39, 0.29) is 5.82 Å². The molecule has 0 radical (unpaired) electrons. The number of methoxy groups -OCH3 is 1.